The van der Waals surface area contributed by atoms with Crippen molar-refractivity contribution >= 4 is 5.91 Å². The smallest absolute Gasteiger partial charge is 0.225 e. The fraction of sp³-hybridized carbons (Fsp3) is 0.929. The number of piperazine rings is 1. The van der Waals surface area contributed by atoms with E-state index in [0.717, 1.165) is 38.9 Å². The third-order valence-corrected chi connectivity index (χ3v) is 3.71. The number of hydrogen-bond acceptors (Lipinski definition) is 2. The lowest BCUT2D eigenvalue weighted by molar-refractivity contribution is -0.139. The van der Waals surface area contributed by atoms with Gasteiger partial charge >= 0.3 is 0 Å². The van der Waals surface area contributed by atoms with Gasteiger partial charge < -0.3 is 10.2 Å². The van der Waals surface area contributed by atoms with Crippen LogP contribution in [0.2, 0.25) is 0 Å². The zero-order valence-electron chi connectivity index (χ0n) is 11.8. The summed E-state index contributed by atoms with van der Waals surface area (Å²) in [5.41, 5.74) is 0. The maximum Gasteiger partial charge on any atom is 0.225 e. The highest BCUT2D eigenvalue weighted by molar-refractivity contribution is 5.79. The first-order chi connectivity index (χ1) is 8.10. The molecular formula is C14H28N2O. The molecule has 0 radical (unpaired) electrons. The summed E-state index contributed by atoms with van der Waals surface area (Å²) >= 11 is 0. The van der Waals surface area contributed by atoms with Gasteiger partial charge in [-0.25, -0.2) is 0 Å². The molecule has 1 fully saturated rings. The molecular weight excluding hydrogens is 212 g/mol. The molecule has 3 nitrogen and oxygen atoms in total. The molecule has 1 amide bonds. The molecule has 17 heavy (non-hydrogen) atoms. The SMILES string of the molecule is CCC(CC)C(=O)N1CCNCC1CC(C)C. The minimum absolute atomic E-state index is 0.225. The standard InChI is InChI=1S/C14H28N2O/c1-5-12(6-2)14(17)16-8-7-15-10-13(16)9-11(3)4/h11-13,15H,5-10H2,1-4H3. The molecule has 0 aromatic carbocycles. The Morgan fingerprint density at radius 3 is 2.53 bits per heavy atom. The van der Waals surface area contributed by atoms with Crippen LogP contribution < -0.4 is 5.32 Å². The third kappa shape index (κ3) is 3.98. The van der Waals surface area contributed by atoms with Gasteiger partial charge in [0.1, 0.15) is 0 Å². The van der Waals surface area contributed by atoms with Gasteiger partial charge in [-0.15, -0.1) is 0 Å². The Labute approximate surface area is 106 Å². The van der Waals surface area contributed by atoms with Crippen molar-refractivity contribution in [3.8, 4) is 0 Å². The van der Waals surface area contributed by atoms with Crippen molar-refractivity contribution in [2.75, 3.05) is 19.6 Å². The molecule has 1 aliphatic rings. The lowest BCUT2D eigenvalue weighted by Gasteiger charge is -2.39. The van der Waals surface area contributed by atoms with Crippen LogP contribution in [0, 0.1) is 11.8 Å². The number of amides is 1. The average molecular weight is 240 g/mol. The van der Waals surface area contributed by atoms with Crippen molar-refractivity contribution < 1.29 is 4.79 Å². The van der Waals surface area contributed by atoms with E-state index in [-0.39, 0.29) is 5.92 Å². The van der Waals surface area contributed by atoms with E-state index in [1.165, 1.54) is 0 Å². The molecule has 0 spiro atoms. The molecule has 3 heteroatoms. The minimum Gasteiger partial charge on any atom is -0.337 e. The van der Waals surface area contributed by atoms with Crippen LogP contribution in [0.25, 0.3) is 0 Å². The van der Waals surface area contributed by atoms with Gasteiger partial charge in [-0.05, 0) is 25.2 Å². The lowest BCUT2D eigenvalue weighted by Crippen LogP contribution is -2.55. The maximum atomic E-state index is 12.5. The Morgan fingerprint density at radius 2 is 2.00 bits per heavy atom. The van der Waals surface area contributed by atoms with Crippen LogP contribution in [-0.2, 0) is 4.79 Å². The second-order valence-corrected chi connectivity index (χ2v) is 5.53. The van der Waals surface area contributed by atoms with E-state index >= 15 is 0 Å². The summed E-state index contributed by atoms with van der Waals surface area (Å²) in [5.74, 6) is 1.25. The Hall–Kier alpha value is -0.570. The van der Waals surface area contributed by atoms with E-state index in [2.05, 4.69) is 37.9 Å². The first kappa shape index (κ1) is 14.5. The minimum atomic E-state index is 0.225. The number of nitrogens with one attached hydrogen (secondary N) is 1. The molecule has 1 atom stereocenters. The fourth-order valence-corrected chi connectivity index (χ4v) is 2.68. The maximum absolute atomic E-state index is 12.5. The highest BCUT2D eigenvalue weighted by Gasteiger charge is 2.30. The van der Waals surface area contributed by atoms with Crippen LogP contribution in [0.15, 0.2) is 0 Å². The molecule has 1 N–H and O–H groups in total. The van der Waals surface area contributed by atoms with Crippen LogP contribution in [0.5, 0.6) is 0 Å². The quantitative estimate of drug-likeness (QED) is 0.799. The molecule has 1 unspecified atom stereocenters. The Balaban J connectivity index is 2.66. The second kappa shape index (κ2) is 7.00. The summed E-state index contributed by atoms with van der Waals surface area (Å²) in [5, 5.41) is 3.41. The fourth-order valence-electron chi connectivity index (χ4n) is 2.68. The summed E-state index contributed by atoms with van der Waals surface area (Å²) < 4.78 is 0. The van der Waals surface area contributed by atoms with E-state index in [9.17, 15) is 4.79 Å². The topological polar surface area (TPSA) is 32.3 Å². The number of carbonyl (C=O) groups excluding carboxylic acids is 1. The summed E-state index contributed by atoms with van der Waals surface area (Å²) in [4.78, 5) is 14.6. The number of nitrogens with zero attached hydrogens (tertiary/aromatic N) is 1. The number of hydrogen-bond donors (Lipinski definition) is 1. The predicted octanol–water partition coefficient (Wildman–Crippen LogP) is 2.27. The van der Waals surface area contributed by atoms with Crippen molar-refractivity contribution in [1.82, 2.24) is 10.2 Å². The number of rotatable bonds is 5. The largest absolute Gasteiger partial charge is 0.337 e. The third-order valence-electron chi connectivity index (χ3n) is 3.71. The van der Waals surface area contributed by atoms with Gasteiger partial charge in [0.05, 0.1) is 0 Å². The number of carbonyl (C=O) groups is 1. The summed E-state index contributed by atoms with van der Waals surface area (Å²) in [7, 11) is 0. The van der Waals surface area contributed by atoms with Crippen molar-refractivity contribution in [3.05, 3.63) is 0 Å². The van der Waals surface area contributed by atoms with Gasteiger partial charge in [-0.1, -0.05) is 27.7 Å². The van der Waals surface area contributed by atoms with Crippen LogP contribution in [-0.4, -0.2) is 36.5 Å². The van der Waals surface area contributed by atoms with E-state index < -0.39 is 0 Å². The molecule has 100 valence electrons. The summed E-state index contributed by atoms with van der Waals surface area (Å²) in [6.07, 6.45) is 3.04. The first-order valence-electron chi connectivity index (χ1n) is 7.11. The monoisotopic (exact) mass is 240 g/mol. The van der Waals surface area contributed by atoms with Crippen molar-refractivity contribution in [2.24, 2.45) is 11.8 Å². The Bertz CT molecular complexity index is 236. The molecule has 1 saturated heterocycles. The average Bonchev–Trinajstić information content (AvgIpc) is 2.30. The highest BCUT2D eigenvalue weighted by atomic mass is 16.2. The molecule has 1 aliphatic heterocycles. The van der Waals surface area contributed by atoms with Gasteiger partial charge in [0.2, 0.25) is 5.91 Å². The van der Waals surface area contributed by atoms with Crippen LogP contribution >= 0.6 is 0 Å². The van der Waals surface area contributed by atoms with Crippen LogP contribution in [0.3, 0.4) is 0 Å². The highest BCUT2D eigenvalue weighted by Crippen LogP contribution is 2.19. The van der Waals surface area contributed by atoms with E-state index in [1.807, 2.05) is 0 Å². The molecule has 1 rings (SSSR count). The van der Waals surface area contributed by atoms with Gasteiger partial charge in [0, 0.05) is 31.6 Å². The zero-order valence-corrected chi connectivity index (χ0v) is 11.8. The van der Waals surface area contributed by atoms with Gasteiger partial charge in [-0.3, -0.25) is 4.79 Å². The first-order valence-corrected chi connectivity index (χ1v) is 7.11. The van der Waals surface area contributed by atoms with Gasteiger partial charge in [0.25, 0.3) is 0 Å². The summed E-state index contributed by atoms with van der Waals surface area (Å²) in [6, 6.07) is 0.400. The molecule has 0 aliphatic carbocycles. The van der Waals surface area contributed by atoms with E-state index in [0.29, 0.717) is 17.9 Å². The molecule has 0 bridgehead atoms. The Morgan fingerprint density at radius 1 is 1.35 bits per heavy atom. The van der Waals surface area contributed by atoms with E-state index in [4.69, 9.17) is 0 Å². The van der Waals surface area contributed by atoms with Crippen molar-refractivity contribution in [1.29, 1.82) is 0 Å². The molecule has 0 aromatic rings. The van der Waals surface area contributed by atoms with Crippen LogP contribution in [0.4, 0.5) is 0 Å². The predicted molar refractivity (Wildman–Crippen MR) is 71.9 cm³/mol. The molecule has 1 heterocycles. The van der Waals surface area contributed by atoms with Gasteiger partial charge in [0.15, 0.2) is 0 Å². The lowest BCUT2D eigenvalue weighted by atomic mass is 9.96. The Kier molecular flexibility index (Phi) is 5.96. The normalized spacial score (nSPS) is 21.3. The summed E-state index contributed by atoms with van der Waals surface area (Å²) in [6.45, 7) is 11.5. The molecule has 0 saturated carbocycles. The molecule has 0 aromatic heterocycles. The van der Waals surface area contributed by atoms with Crippen molar-refractivity contribution in [3.63, 3.8) is 0 Å². The zero-order chi connectivity index (χ0) is 12.8. The van der Waals surface area contributed by atoms with Crippen LogP contribution in [0.1, 0.15) is 47.0 Å². The van der Waals surface area contributed by atoms with Crippen molar-refractivity contribution in [2.45, 2.75) is 53.0 Å². The van der Waals surface area contributed by atoms with Gasteiger partial charge in [-0.2, -0.15) is 0 Å². The van der Waals surface area contributed by atoms with E-state index in [1.54, 1.807) is 0 Å². The second-order valence-electron chi connectivity index (χ2n) is 5.53.